The maximum absolute atomic E-state index is 10.3. The lowest BCUT2D eigenvalue weighted by Gasteiger charge is -2.56. The first-order valence-electron chi connectivity index (χ1n) is 8.82. The molecule has 2 atom stereocenters. The van der Waals surface area contributed by atoms with Gasteiger partial charge in [0.2, 0.25) is 0 Å². The number of likely N-dealkylation sites (tertiary alicyclic amines) is 1. The highest BCUT2D eigenvalue weighted by atomic mass is 32.1. The Morgan fingerprint density at radius 1 is 1.39 bits per heavy atom. The zero-order valence-electron chi connectivity index (χ0n) is 14.8. The molecule has 1 N–H and O–H groups in total. The van der Waals surface area contributed by atoms with Gasteiger partial charge < -0.3 is 9.84 Å². The number of piperidine rings is 1. The summed E-state index contributed by atoms with van der Waals surface area (Å²) in [5, 5.41) is 13.7. The minimum atomic E-state index is -0.173. The molecule has 0 aromatic carbocycles. The molecule has 2 aliphatic rings. The second-order valence-corrected chi connectivity index (χ2v) is 8.96. The number of nitrogens with zero attached hydrogens (tertiary/aromatic N) is 2. The van der Waals surface area contributed by atoms with Crippen LogP contribution in [0.1, 0.15) is 57.7 Å². The molecule has 23 heavy (non-hydrogen) atoms. The van der Waals surface area contributed by atoms with Crippen LogP contribution in [0.15, 0.2) is 5.38 Å². The number of hydrogen-bond acceptors (Lipinski definition) is 5. The van der Waals surface area contributed by atoms with E-state index in [4.69, 9.17) is 9.72 Å². The summed E-state index contributed by atoms with van der Waals surface area (Å²) < 4.78 is 5.85. The van der Waals surface area contributed by atoms with E-state index in [2.05, 4.69) is 31.1 Å². The zero-order valence-corrected chi connectivity index (χ0v) is 15.7. The summed E-state index contributed by atoms with van der Waals surface area (Å²) in [6.45, 7) is 12.4. The van der Waals surface area contributed by atoms with Gasteiger partial charge in [-0.15, -0.1) is 11.3 Å². The first-order valence-corrected chi connectivity index (χ1v) is 9.70. The van der Waals surface area contributed by atoms with Crippen LogP contribution < -0.4 is 0 Å². The van der Waals surface area contributed by atoms with Crippen LogP contribution in [0.5, 0.6) is 0 Å². The third kappa shape index (κ3) is 3.34. The van der Waals surface area contributed by atoms with Gasteiger partial charge in [-0.3, -0.25) is 4.90 Å². The van der Waals surface area contributed by atoms with Crippen LogP contribution >= 0.6 is 11.3 Å². The lowest BCUT2D eigenvalue weighted by Crippen LogP contribution is -2.62. The molecule has 130 valence electrons. The van der Waals surface area contributed by atoms with E-state index in [1.807, 2.05) is 6.92 Å². The monoisotopic (exact) mass is 338 g/mol. The quantitative estimate of drug-likeness (QED) is 0.916. The fourth-order valence-corrected chi connectivity index (χ4v) is 4.80. The van der Waals surface area contributed by atoms with E-state index >= 15 is 0 Å². The van der Waals surface area contributed by atoms with Crippen LogP contribution in [0.4, 0.5) is 0 Å². The van der Waals surface area contributed by atoms with E-state index in [0.717, 1.165) is 45.5 Å². The Labute approximate surface area is 143 Å². The average molecular weight is 339 g/mol. The second kappa shape index (κ2) is 6.43. The van der Waals surface area contributed by atoms with Crippen molar-refractivity contribution < 1.29 is 9.84 Å². The minimum Gasteiger partial charge on any atom is -0.392 e. The van der Waals surface area contributed by atoms with Crippen LogP contribution in [-0.2, 0) is 16.7 Å². The molecule has 1 saturated carbocycles. The Balaban J connectivity index is 1.56. The van der Waals surface area contributed by atoms with E-state index in [-0.39, 0.29) is 23.0 Å². The van der Waals surface area contributed by atoms with Crippen molar-refractivity contribution in [2.24, 2.45) is 5.41 Å². The van der Waals surface area contributed by atoms with Gasteiger partial charge in [0.15, 0.2) is 0 Å². The molecule has 5 heteroatoms. The van der Waals surface area contributed by atoms with Gasteiger partial charge in [-0.05, 0) is 32.9 Å². The minimum absolute atomic E-state index is 0.0190. The van der Waals surface area contributed by atoms with E-state index in [1.165, 1.54) is 10.7 Å². The Morgan fingerprint density at radius 3 is 2.61 bits per heavy atom. The van der Waals surface area contributed by atoms with Gasteiger partial charge in [-0.2, -0.15) is 0 Å². The molecule has 2 fully saturated rings. The zero-order chi connectivity index (χ0) is 16.7. The van der Waals surface area contributed by atoms with Crippen LogP contribution in [0.2, 0.25) is 0 Å². The number of rotatable bonds is 4. The first kappa shape index (κ1) is 17.3. The normalized spacial score (nSPS) is 28.0. The molecular formula is C18H30N2O2S. The van der Waals surface area contributed by atoms with Crippen molar-refractivity contribution in [1.82, 2.24) is 9.88 Å². The van der Waals surface area contributed by atoms with Gasteiger partial charge >= 0.3 is 0 Å². The molecule has 1 aliphatic carbocycles. The molecule has 4 nitrogen and oxygen atoms in total. The predicted molar refractivity (Wildman–Crippen MR) is 93.8 cm³/mol. The van der Waals surface area contributed by atoms with Crippen molar-refractivity contribution in [2.45, 2.75) is 71.1 Å². The van der Waals surface area contributed by atoms with Crippen molar-refractivity contribution in [2.75, 3.05) is 19.7 Å². The lowest BCUT2D eigenvalue weighted by atomic mass is 9.58. The van der Waals surface area contributed by atoms with Crippen molar-refractivity contribution >= 4 is 11.3 Å². The van der Waals surface area contributed by atoms with E-state index < -0.39 is 0 Å². The standard InChI is InChI=1S/C18H30N2O2S/c1-5-22-15-10-14(21)18(15)6-8-20(9-7-18)11-13-12-23-16(19-13)17(2,3)4/h12,14-15,21H,5-11H2,1-4H3. The molecule has 1 spiro atoms. The smallest absolute Gasteiger partial charge is 0.0982 e. The number of ether oxygens (including phenoxy) is 1. The van der Waals surface area contributed by atoms with Gasteiger partial charge in [0, 0.05) is 35.8 Å². The van der Waals surface area contributed by atoms with Crippen molar-refractivity contribution in [3.05, 3.63) is 16.1 Å². The number of aromatic nitrogens is 1. The van der Waals surface area contributed by atoms with Gasteiger partial charge in [0.25, 0.3) is 0 Å². The molecule has 1 aliphatic heterocycles. The molecule has 1 aromatic heterocycles. The molecule has 2 unspecified atom stereocenters. The van der Waals surface area contributed by atoms with Gasteiger partial charge in [0.05, 0.1) is 22.9 Å². The third-order valence-corrected chi connectivity index (χ3v) is 6.79. The third-order valence-electron chi connectivity index (χ3n) is 5.48. The Hall–Kier alpha value is -0.490. The lowest BCUT2D eigenvalue weighted by molar-refractivity contribution is -0.209. The molecule has 0 amide bonds. The molecule has 2 heterocycles. The molecule has 0 bridgehead atoms. The van der Waals surface area contributed by atoms with Gasteiger partial charge in [-0.25, -0.2) is 4.98 Å². The summed E-state index contributed by atoms with van der Waals surface area (Å²) in [5.74, 6) is 0. The SMILES string of the molecule is CCOC1CC(O)C12CCN(Cc1csc(C(C)(C)C)n1)CC2. The number of hydrogen-bond donors (Lipinski definition) is 1. The Kier molecular flexibility index (Phi) is 4.85. The molecule has 3 rings (SSSR count). The predicted octanol–water partition coefficient (Wildman–Crippen LogP) is 3.19. The Morgan fingerprint density at radius 2 is 2.09 bits per heavy atom. The molecular weight excluding hydrogens is 308 g/mol. The number of aliphatic hydroxyl groups is 1. The largest absolute Gasteiger partial charge is 0.392 e. The second-order valence-electron chi connectivity index (χ2n) is 8.10. The fourth-order valence-electron chi connectivity index (χ4n) is 3.90. The summed E-state index contributed by atoms with van der Waals surface area (Å²) in [6.07, 6.45) is 2.98. The summed E-state index contributed by atoms with van der Waals surface area (Å²) in [5.41, 5.74) is 1.34. The summed E-state index contributed by atoms with van der Waals surface area (Å²) in [4.78, 5) is 7.28. The molecule has 1 aromatic rings. The average Bonchev–Trinajstić information content (AvgIpc) is 2.97. The van der Waals surface area contributed by atoms with E-state index in [9.17, 15) is 5.11 Å². The van der Waals surface area contributed by atoms with Gasteiger partial charge in [-0.1, -0.05) is 20.8 Å². The van der Waals surface area contributed by atoms with Crippen molar-refractivity contribution in [3.63, 3.8) is 0 Å². The Bertz CT molecular complexity index is 527. The van der Waals surface area contributed by atoms with Crippen molar-refractivity contribution in [3.8, 4) is 0 Å². The maximum atomic E-state index is 10.3. The molecule has 1 saturated heterocycles. The first-order chi connectivity index (χ1) is 10.8. The van der Waals surface area contributed by atoms with Crippen molar-refractivity contribution in [1.29, 1.82) is 0 Å². The van der Waals surface area contributed by atoms with Crippen LogP contribution in [0.3, 0.4) is 0 Å². The summed E-state index contributed by atoms with van der Waals surface area (Å²) in [6, 6.07) is 0. The van der Waals surface area contributed by atoms with Crippen LogP contribution in [0, 0.1) is 5.41 Å². The topological polar surface area (TPSA) is 45.6 Å². The summed E-state index contributed by atoms with van der Waals surface area (Å²) >= 11 is 1.77. The number of thiazole rings is 1. The van der Waals surface area contributed by atoms with E-state index in [1.54, 1.807) is 11.3 Å². The maximum Gasteiger partial charge on any atom is 0.0982 e. The summed E-state index contributed by atoms with van der Waals surface area (Å²) in [7, 11) is 0. The van der Waals surface area contributed by atoms with Crippen LogP contribution in [0.25, 0.3) is 0 Å². The number of aliphatic hydroxyl groups excluding tert-OH is 1. The highest BCUT2D eigenvalue weighted by Gasteiger charge is 2.55. The highest BCUT2D eigenvalue weighted by molar-refractivity contribution is 7.09. The molecule has 0 radical (unpaired) electrons. The van der Waals surface area contributed by atoms with Crippen LogP contribution in [-0.4, -0.2) is 46.9 Å². The highest BCUT2D eigenvalue weighted by Crippen LogP contribution is 2.51. The van der Waals surface area contributed by atoms with E-state index in [0.29, 0.717) is 0 Å². The fraction of sp³-hybridized carbons (Fsp3) is 0.833. The van der Waals surface area contributed by atoms with Gasteiger partial charge in [0.1, 0.15) is 0 Å².